The lowest BCUT2D eigenvalue weighted by Crippen LogP contribution is -2.37. The van der Waals surface area contributed by atoms with Gasteiger partial charge in [-0.1, -0.05) is 54.6 Å². The largest absolute Gasteiger partial charge is 0.332 e. The van der Waals surface area contributed by atoms with E-state index in [0.717, 1.165) is 10.1 Å². The van der Waals surface area contributed by atoms with Gasteiger partial charge in [-0.2, -0.15) is 10.1 Å². The average Bonchev–Trinajstić information content (AvgIpc) is 3.20. The van der Waals surface area contributed by atoms with Crippen LogP contribution in [0.3, 0.4) is 0 Å². The number of rotatable bonds is 7. The first kappa shape index (κ1) is 22.4. The standard InChI is InChI=1S/C23H21N7O4/c1-27-20-19(21(31)28(2)23(27)32)29(14-8-11-16-9-4-3-5-10-16)22(25-20)26-24-15-17-12-6-7-13-18(17)30(33)34/h3-13,15H,14H2,1-2H3,(H,25,26)/b11-8+,24-15+. The first-order chi connectivity index (χ1) is 16.4. The number of imidazole rings is 1. The van der Waals surface area contributed by atoms with Crippen LogP contribution in [0.5, 0.6) is 0 Å². The molecule has 0 bridgehead atoms. The number of nitrogens with zero attached hydrogens (tertiary/aromatic N) is 6. The summed E-state index contributed by atoms with van der Waals surface area (Å²) in [6.07, 6.45) is 5.06. The van der Waals surface area contributed by atoms with Gasteiger partial charge in [0.25, 0.3) is 11.2 Å². The van der Waals surface area contributed by atoms with Crippen LogP contribution in [0.25, 0.3) is 17.2 Å². The first-order valence-electron chi connectivity index (χ1n) is 10.3. The van der Waals surface area contributed by atoms with E-state index in [1.807, 2.05) is 42.5 Å². The van der Waals surface area contributed by atoms with Crippen LogP contribution in [0.15, 0.2) is 75.4 Å². The number of aromatic nitrogens is 4. The Morgan fingerprint density at radius 3 is 2.50 bits per heavy atom. The molecule has 4 rings (SSSR count). The zero-order valence-electron chi connectivity index (χ0n) is 18.5. The molecule has 4 aromatic rings. The molecule has 34 heavy (non-hydrogen) atoms. The second-order valence-electron chi connectivity index (χ2n) is 7.42. The molecule has 0 aliphatic rings. The topological polar surface area (TPSA) is 129 Å². The number of anilines is 1. The highest BCUT2D eigenvalue weighted by Gasteiger charge is 2.18. The van der Waals surface area contributed by atoms with Gasteiger partial charge >= 0.3 is 5.69 Å². The lowest BCUT2D eigenvalue weighted by atomic mass is 10.2. The van der Waals surface area contributed by atoms with E-state index in [-0.39, 0.29) is 29.3 Å². The van der Waals surface area contributed by atoms with Gasteiger partial charge in [0.15, 0.2) is 11.2 Å². The number of hydrazone groups is 1. The van der Waals surface area contributed by atoms with E-state index in [4.69, 9.17) is 0 Å². The minimum absolute atomic E-state index is 0.0939. The van der Waals surface area contributed by atoms with Crippen molar-refractivity contribution in [2.75, 3.05) is 5.43 Å². The van der Waals surface area contributed by atoms with Crippen molar-refractivity contribution in [3.63, 3.8) is 0 Å². The molecule has 0 aliphatic heterocycles. The highest BCUT2D eigenvalue weighted by Crippen LogP contribution is 2.18. The molecule has 0 saturated heterocycles. The lowest BCUT2D eigenvalue weighted by Gasteiger charge is -2.06. The Morgan fingerprint density at radius 2 is 1.76 bits per heavy atom. The average molecular weight is 459 g/mol. The summed E-state index contributed by atoms with van der Waals surface area (Å²) >= 11 is 0. The van der Waals surface area contributed by atoms with Gasteiger partial charge in [0, 0.05) is 26.7 Å². The Hall–Kier alpha value is -4.80. The van der Waals surface area contributed by atoms with Crippen molar-refractivity contribution in [2.24, 2.45) is 19.2 Å². The Morgan fingerprint density at radius 1 is 1.06 bits per heavy atom. The quantitative estimate of drug-likeness (QED) is 0.257. The van der Waals surface area contributed by atoms with Gasteiger partial charge in [-0.15, -0.1) is 0 Å². The molecule has 172 valence electrons. The molecule has 0 saturated carbocycles. The number of nitro groups is 1. The number of hydrogen-bond acceptors (Lipinski definition) is 7. The Balaban J connectivity index is 1.75. The van der Waals surface area contributed by atoms with Crippen molar-refractivity contribution in [2.45, 2.75) is 6.54 Å². The third-order valence-electron chi connectivity index (χ3n) is 5.25. The SMILES string of the molecule is Cn1c(=O)c2c(nc(N/N=C/c3ccccc3[N+](=O)[O-])n2C/C=C/c2ccccc2)n(C)c1=O. The minimum Gasteiger partial charge on any atom is -0.299 e. The normalized spacial score (nSPS) is 11.6. The van der Waals surface area contributed by atoms with Crippen LogP contribution >= 0.6 is 0 Å². The molecule has 0 fully saturated rings. The number of fused-ring (bicyclic) bond motifs is 1. The van der Waals surface area contributed by atoms with Crippen LogP contribution in [0.1, 0.15) is 11.1 Å². The summed E-state index contributed by atoms with van der Waals surface area (Å²) in [6, 6.07) is 15.8. The summed E-state index contributed by atoms with van der Waals surface area (Å²) in [5, 5.41) is 15.3. The summed E-state index contributed by atoms with van der Waals surface area (Å²) < 4.78 is 3.90. The number of para-hydroxylation sites is 1. The van der Waals surface area contributed by atoms with Crippen molar-refractivity contribution >= 4 is 35.1 Å². The molecule has 0 unspecified atom stereocenters. The van der Waals surface area contributed by atoms with Gasteiger partial charge < -0.3 is 0 Å². The number of hydrogen-bond donors (Lipinski definition) is 1. The highest BCUT2D eigenvalue weighted by molar-refractivity contribution is 5.85. The number of allylic oxidation sites excluding steroid dienone is 1. The predicted molar refractivity (Wildman–Crippen MR) is 130 cm³/mol. The molecular formula is C23H21N7O4. The molecule has 0 spiro atoms. The van der Waals surface area contributed by atoms with E-state index in [9.17, 15) is 19.7 Å². The van der Waals surface area contributed by atoms with Crippen LogP contribution < -0.4 is 16.7 Å². The zero-order valence-corrected chi connectivity index (χ0v) is 18.5. The monoisotopic (exact) mass is 459 g/mol. The van der Waals surface area contributed by atoms with Gasteiger partial charge in [-0.05, 0) is 11.6 Å². The maximum atomic E-state index is 12.9. The number of nitrogens with one attached hydrogen (secondary N) is 1. The van der Waals surface area contributed by atoms with E-state index in [0.29, 0.717) is 5.56 Å². The Bertz CT molecular complexity index is 1550. The summed E-state index contributed by atoms with van der Waals surface area (Å²) in [4.78, 5) is 40.4. The van der Waals surface area contributed by atoms with E-state index >= 15 is 0 Å². The van der Waals surface area contributed by atoms with E-state index in [1.54, 1.807) is 22.8 Å². The van der Waals surface area contributed by atoms with Crippen LogP contribution in [0.4, 0.5) is 11.6 Å². The second kappa shape index (κ2) is 9.36. The molecule has 2 aromatic heterocycles. The maximum absolute atomic E-state index is 12.9. The van der Waals surface area contributed by atoms with Crippen molar-refractivity contribution in [3.8, 4) is 0 Å². The van der Waals surface area contributed by atoms with Gasteiger partial charge in [-0.25, -0.2) is 10.2 Å². The Labute approximate surface area is 193 Å². The van der Waals surface area contributed by atoms with Crippen molar-refractivity contribution in [1.29, 1.82) is 0 Å². The van der Waals surface area contributed by atoms with E-state index in [1.165, 1.54) is 30.9 Å². The minimum atomic E-state index is -0.503. The molecule has 0 atom stereocenters. The van der Waals surface area contributed by atoms with Gasteiger partial charge in [0.05, 0.1) is 16.7 Å². The van der Waals surface area contributed by atoms with Crippen molar-refractivity contribution in [3.05, 3.63) is 103 Å². The molecule has 11 nitrogen and oxygen atoms in total. The molecule has 11 heteroatoms. The molecule has 0 aliphatic carbocycles. The van der Waals surface area contributed by atoms with Gasteiger partial charge in [-0.3, -0.25) is 28.6 Å². The third-order valence-corrected chi connectivity index (χ3v) is 5.25. The maximum Gasteiger partial charge on any atom is 0.332 e. The highest BCUT2D eigenvalue weighted by atomic mass is 16.6. The van der Waals surface area contributed by atoms with Crippen molar-refractivity contribution < 1.29 is 4.92 Å². The third kappa shape index (κ3) is 4.26. The Kier molecular flexibility index (Phi) is 6.17. The number of benzene rings is 2. The predicted octanol–water partition coefficient (Wildman–Crippen LogP) is 2.50. The molecular weight excluding hydrogens is 438 g/mol. The van der Waals surface area contributed by atoms with Crippen LogP contribution in [0.2, 0.25) is 0 Å². The fourth-order valence-electron chi connectivity index (χ4n) is 3.49. The van der Waals surface area contributed by atoms with Crippen LogP contribution in [-0.2, 0) is 20.6 Å². The second-order valence-corrected chi connectivity index (χ2v) is 7.42. The fourth-order valence-corrected chi connectivity index (χ4v) is 3.49. The summed E-state index contributed by atoms with van der Waals surface area (Å²) in [7, 11) is 2.93. The van der Waals surface area contributed by atoms with Crippen LogP contribution in [-0.4, -0.2) is 29.8 Å². The smallest absolute Gasteiger partial charge is 0.299 e. The summed E-state index contributed by atoms with van der Waals surface area (Å²) in [6.45, 7) is 0.266. The van der Waals surface area contributed by atoms with Crippen molar-refractivity contribution in [1.82, 2.24) is 18.7 Å². The van der Waals surface area contributed by atoms with Gasteiger partial charge in [0.1, 0.15) is 0 Å². The molecule has 0 amide bonds. The zero-order chi connectivity index (χ0) is 24.2. The fraction of sp³-hybridized carbons (Fsp3) is 0.130. The lowest BCUT2D eigenvalue weighted by molar-refractivity contribution is -0.385. The molecule has 2 heterocycles. The van der Waals surface area contributed by atoms with E-state index in [2.05, 4.69) is 15.5 Å². The number of nitro benzene ring substituents is 1. The summed E-state index contributed by atoms with van der Waals surface area (Å²) in [5.74, 6) is 0.209. The van der Waals surface area contributed by atoms with Gasteiger partial charge in [0.2, 0.25) is 5.95 Å². The molecule has 1 N–H and O–H groups in total. The van der Waals surface area contributed by atoms with Crippen LogP contribution in [0, 0.1) is 10.1 Å². The van der Waals surface area contributed by atoms with E-state index < -0.39 is 16.2 Å². The molecule has 2 aromatic carbocycles. The first-order valence-corrected chi connectivity index (χ1v) is 10.3. The number of aryl methyl sites for hydroxylation is 1. The molecule has 0 radical (unpaired) electrons. The summed E-state index contributed by atoms with van der Waals surface area (Å²) in [5.41, 5.74) is 3.38.